The van der Waals surface area contributed by atoms with Crippen LogP contribution >= 0.6 is 0 Å². The lowest BCUT2D eigenvalue weighted by Gasteiger charge is -2.11. The van der Waals surface area contributed by atoms with Crippen LogP contribution in [0.5, 0.6) is 0 Å². The standard InChI is InChI=1S/C13H17N.2C2H6/c1-11(2)5-6-12-7-9-13(10-8-12)14(3)4;2*1-2/h7-11H,1-4H3;2*1-2H3. The zero-order chi connectivity index (χ0) is 14.6. The highest BCUT2D eigenvalue weighted by Crippen LogP contribution is 2.11. The molecule has 0 unspecified atom stereocenters. The van der Waals surface area contributed by atoms with Gasteiger partial charge in [0.25, 0.3) is 0 Å². The third-order valence-electron chi connectivity index (χ3n) is 1.89. The molecule has 0 spiro atoms. The second-order valence-corrected chi connectivity index (χ2v) is 3.87. The summed E-state index contributed by atoms with van der Waals surface area (Å²) in [6.45, 7) is 12.2. The molecule has 0 saturated heterocycles. The first-order valence-electron chi connectivity index (χ1n) is 6.88. The number of hydrogen-bond acceptors (Lipinski definition) is 1. The van der Waals surface area contributed by atoms with E-state index >= 15 is 0 Å². The third-order valence-corrected chi connectivity index (χ3v) is 1.89. The summed E-state index contributed by atoms with van der Waals surface area (Å²) in [5.41, 5.74) is 2.30. The molecule has 0 aliphatic carbocycles. The van der Waals surface area contributed by atoms with Crippen molar-refractivity contribution in [2.45, 2.75) is 41.5 Å². The van der Waals surface area contributed by atoms with E-state index in [1.54, 1.807) is 0 Å². The van der Waals surface area contributed by atoms with E-state index < -0.39 is 0 Å². The number of benzene rings is 1. The number of rotatable bonds is 1. The molecule has 1 nitrogen and oxygen atoms in total. The predicted molar refractivity (Wildman–Crippen MR) is 85.2 cm³/mol. The third kappa shape index (κ3) is 8.70. The zero-order valence-electron chi connectivity index (χ0n) is 13.3. The molecule has 0 aliphatic rings. The molecule has 0 saturated carbocycles. The van der Waals surface area contributed by atoms with Gasteiger partial charge in [-0.2, -0.15) is 0 Å². The molecule has 1 heteroatoms. The van der Waals surface area contributed by atoms with Crippen molar-refractivity contribution in [3.8, 4) is 11.8 Å². The van der Waals surface area contributed by atoms with Crippen LogP contribution in [0, 0.1) is 17.8 Å². The second-order valence-electron chi connectivity index (χ2n) is 3.87. The highest BCUT2D eigenvalue weighted by molar-refractivity contribution is 5.49. The van der Waals surface area contributed by atoms with E-state index in [9.17, 15) is 0 Å². The maximum Gasteiger partial charge on any atom is 0.0361 e. The van der Waals surface area contributed by atoms with Crippen LogP contribution in [0.15, 0.2) is 24.3 Å². The minimum atomic E-state index is 0.434. The maximum atomic E-state index is 3.15. The number of nitrogens with zero attached hydrogens (tertiary/aromatic N) is 1. The van der Waals surface area contributed by atoms with Crippen LogP contribution in [0.1, 0.15) is 47.1 Å². The van der Waals surface area contributed by atoms with Crippen LogP contribution in [0.3, 0.4) is 0 Å². The Balaban J connectivity index is 0. The quantitative estimate of drug-likeness (QED) is 0.644. The molecule has 0 bridgehead atoms. The Morgan fingerprint density at radius 1 is 0.889 bits per heavy atom. The van der Waals surface area contributed by atoms with Crippen LogP contribution in [0.25, 0.3) is 0 Å². The largest absolute Gasteiger partial charge is 0.378 e. The summed E-state index contributed by atoms with van der Waals surface area (Å²) in [4.78, 5) is 2.08. The first-order chi connectivity index (χ1) is 8.59. The molecule has 0 heterocycles. The molecular formula is C17H29N. The van der Waals surface area contributed by atoms with Gasteiger partial charge in [0.05, 0.1) is 0 Å². The molecule has 18 heavy (non-hydrogen) atoms. The minimum absolute atomic E-state index is 0.434. The SMILES string of the molecule is CC.CC.CC(C)C#Cc1ccc(N(C)C)cc1. The van der Waals surface area contributed by atoms with Gasteiger partial charge in [0, 0.05) is 31.3 Å². The van der Waals surface area contributed by atoms with E-state index in [4.69, 9.17) is 0 Å². The Morgan fingerprint density at radius 3 is 1.67 bits per heavy atom. The molecule has 0 N–H and O–H groups in total. The lowest BCUT2D eigenvalue weighted by Crippen LogP contribution is -2.07. The summed E-state index contributed by atoms with van der Waals surface area (Å²) >= 11 is 0. The predicted octanol–water partition coefficient (Wildman–Crippen LogP) is 4.81. The van der Waals surface area contributed by atoms with Crippen molar-refractivity contribution in [1.82, 2.24) is 0 Å². The molecule has 1 aromatic carbocycles. The van der Waals surface area contributed by atoms with E-state index in [0.717, 1.165) is 5.56 Å². The fourth-order valence-corrected chi connectivity index (χ4v) is 1.07. The Bertz CT molecular complexity index is 336. The van der Waals surface area contributed by atoms with E-state index in [0.29, 0.717) is 5.92 Å². The number of anilines is 1. The Kier molecular flexibility index (Phi) is 12.7. The molecule has 0 radical (unpaired) electrons. The highest BCUT2D eigenvalue weighted by atomic mass is 15.1. The first-order valence-corrected chi connectivity index (χ1v) is 6.88. The normalized spacial score (nSPS) is 8.06. The van der Waals surface area contributed by atoms with Crippen LogP contribution in [-0.2, 0) is 0 Å². The average molecular weight is 247 g/mol. The Labute approximate surface area is 114 Å². The molecule has 0 aliphatic heterocycles. The van der Waals surface area contributed by atoms with Gasteiger partial charge >= 0.3 is 0 Å². The fraction of sp³-hybridized carbons (Fsp3) is 0.529. The van der Waals surface area contributed by atoms with Gasteiger partial charge in [0.15, 0.2) is 0 Å². The molecule has 102 valence electrons. The van der Waals surface area contributed by atoms with E-state index in [-0.39, 0.29) is 0 Å². The van der Waals surface area contributed by atoms with E-state index in [1.807, 2.05) is 41.8 Å². The minimum Gasteiger partial charge on any atom is -0.378 e. The monoisotopic (exact) mass is 247 g/mol. The van der Waals surface area contributed by atoms with Crippen LogP contribution in [0.2, 0.25) is 0 Å². The van der Waals surface area contributed by atoms with Crippen molar-refractivity contribution >= 4 is 5.69 Å². The Morgan fingerprint density at radius 2 is 1.33 bits per heavy atom. The van der Waals surface area contributed by atoms with E-state index in [2.05, 4.69) is 54.9 Å². The van der Waals surface area contributed by atoms with Crippen molar-refractivity contribution < 1.29 is 0 Å². The van der Waals surface area contributed by atoms with Crippen LogP contribution in [0.4, 0.5) is 5.69 Å². The van der Waals surface area contributed by atoms with Crippen molar-refractivity contribution in [3.05, 3.63) is 29.8 Å². The van der Waals surface area contributed by atoms with Crippen molar-refractivity contribution in [3.63, 3.8) is 0 Å². The van der Waals surface area contributed by atoms with Crippen LogP contribution < -0.4 is 4.90 Å². The van der Waals surface area contributed by atoms with Crippen LogP contribution in [-0.4, -0.2) is 14.1 Å². The smallest absolute Gasteiger partial charge is 0.0361 e. The fourth-order valence-electron chi connectivity index (χ4n) is 1.07. The first kappa shape index (κ1) is 18.9. The zero-order valence-corrected chi connectivity index (χ0v) is 13.3. The van der Waals surface area contributed by atoms with Crippen molar-refractivity contribution in [2.24, 2.45) is 5.92 Å². The van der Waals surface area contributed by atoms with E-state index in [1.165, 1.54) is 5.69 Å². The van der Waals surface area contributed by atoms with Gasteiger partial charge in [-0.25, -0.2) is 0 Å². The molecule has 0 aromatic heterocycles. The van der Waals surface area contributed by atoms with Gasteiger partial charge in [-0.15, -0.1) is 0 Å². The molecule has 1 aromatic rings. The Hall–Kier alpha value is -1.42. The van der Waals surface area contributed by atoms with Gasteiger partial charge < -0.3 is 4.90 Å². The molecular weight excluding hydrogens is 218 g/mol. The van der Waals surface area contributed by atoms with Gasteiger partial charge in [-0.3, -0.25) is 0 Å². The summed E-state index contributed by atoms with van der Waals surface area (Å²) in [6.07, 6.45) is 0. The van der Waals surface area contributed by atoms with Gasteiger partial charge in [-0.05, 0) is 24.3 Å². The molecule has 0 atom stereocenters. The van der Waals surface area contributed by atoms with Gasteiger partial charge in [0.2, 0.25) is 0 Å². The summed E-state index contributed by atoms with van der Waals surface area (Å²) in [5.74, 6) is 6.72. The number of hydrogen-bond donors (Lipinski definition) is 0. The molecule has 0 fully saturated rings. The molecule has 1 rings (SSSR count). The van der Waals surface area contributed by atoms with Crippen molar-refractivity contribution in [2.75, 3.05) is 19.0 Å². The topological polar surface area (TPSA) is 3.24 Å². The summed E-state index contributed by atoms with van der Waals surface area (Å²) in [7, 11) is 4.07. The van der Waals surface area contributed by atoms with Gasteiger partial charge in [-0.1, -0.05) is 53.4 Å². The van der Waals surface area contributed by atoms with Crippen molar-refractivity contribution in [1.29, 1.82) is 0 Å². The second kappa shape index (κ2) is 12.0. The maximum absolute atomic E-state index is 3.15. The lowest BCUT2D eigenvalue weighted by molar-refractivity contribution is 0.866. The highest BCUT2D eigenvalue weighted by Gasteiger charge is 1.93. The lowest BCUT2D eigenvalue weighted by atomic mass is 10.1. The average Bonchev–Trinajstić information content (AvgIpc) is 2.41. The summed E-state index contributed by atoms with van der Waals surface area (Å²) in [6, 6.07) is 8.30. The van der Waals surface area contributed by atoms with Gasteiger partial charge in [0.1, 0.15) is 0 Å². The summed E-state index contributed by atoms with van der Waals surface area (Å²) in [5, 5.41) is 0. The molecule has 0 amide bonds. The summed E-state index contributed by atoms with van der Waals surface area (Å²) < 4.78 is 0.